The quantitative estimate of drug-likeness (QED) is 0.450. The Hall–Kier alpha value is -1.97. The number of ketones is 2. The number of hydrogen-bond donors (Lipinski definition) is 1. The molecule has 0 aliphatic heterocycles. The Kier molecular flexibility index (Phi) is 4.22. The highest BCUT2D eigenvalue weighted by Crippen LogP contribution is 2.03. The Labute approximate surface area is 88.0 Å². The monoisotopic (exact) mass is 204 g/mol. The van der Waals surface area contributed by atoms with E-state index in [1.807, 2.05) is 30.3 Å². The van der Waals surface area contributed by atoms with Crippen molar-refractivity contribution in [2.45, 2.75) is 13.3 Å². The van der Waals surface area contributed by atoms with Gasteiger partial charge in [0.25, 0.3) is 0 Å². The molecule has 78 valence electrons. The Balaban J connectivity index is 2.40. The van der Waals surface area contributed by atoms with Gasteiger partial charge in [-0.25, -0.2) is 0 Å². The summed E-state index contributed by atoms with van der Waals surface area (Å²) in [6.07, 6.45) is 1.02. The van der Waals surface area contributed by atoms with Gasteiger partial charge in [0.2, 0.25) is 0 Å². The van der Waals surface area contributed by atoms with Crippen molar-refractivity contribution in [2.75, 3.05) is 5.43 Å². The number of benzene rings is 1. The SMILES string of the molecule is CC(=O)CC(=O)C=NNc1ccccc1. The van der Waals surface area contributed by atoms with E-state index >= 15 is 0 Å². The predicted molar refractivity (Wildman–Crippen MR) is 58.9 cm³/mol. The van der Waals surface area contributed by atoms with E-state index in [1.165, 1.54) is 6.92 Å². The number of hydrogen-bond acceptors (Lipinski definition) is 4. The number of anilines is 1. The molecule has 0 atom stereocenters. The van der Waals surface area contributed by atoms with Crippen molar-refractivity contribution in [3.63, 3.8) is 0 Å². The van der Waals surface area contributed by atoms with Gasteiger partial charge in [-0.15, -0.1) is 0 Å². The van der Waals surface area contributed by atoms with Gasteiger partial charge in [0.05, 0.1) is 18.3 Å². The third kappa shape index (κ3) is 4.71. The average Bonchev–Trinajstić information content (AvgIpc) is 2.18. The van der Waals surface area contributed by atoms with Gasteiger partial charge in [-0.05, 0) is 19.1 Å². The average molecular weight is 204 g/mol. The van der Waals surface area contributed by atoms with Crippen LogP contribution in [0.3, 0.4) is 0 Å². The van der Waals surface area contributed by atoms with Gasteiger partial charge < -0.3 is 0 Å². The standard InChI is InChI=1S/C11H12N2O2/c1-9(14)7-11(15)8-12-13-10-5-3-2-4-6-10/h2-6,8,13H,7H2,1H3. The number of nitrogens with one attached hydrogen (secondary N) is 1. The second-order valence-electron chi connectivity index (χ2n) is 3.08. The van der Waals surface area contributed by atoms with Crippen molar-refractivity contribution in [3.8, 4) is 0 Å². The highest BCUT2D eigenvalue weighted by atomic mass is 16.1. The number of rotatable bonds is 5. The molecule has 1 aromatic rings. The number of hydrazone groups is 1. The lowest BCUT2D eigenvalue weighted by Gasteiger charge is -1.97. The first-order valence-electron chi connectivity index (χ1n) is 4.55. The predicted octanol–water partition coefficient (Wildman–Crippen LogP) is 1.63. The molecule has 4 heteroatoms. The topological polar surface area (TPSA) is 58.5 Å². The lowest BCUT2D eigenvalue weighted by molar-refractivity contribution is -0.122. The van der Waals surface area contributed by atoms with E-state index in [2.05, 4.69) is 10.5 Å². The van der Waals surface area contributed by atoms with Crippen molar-refractivity contribution in [1.82, 2.24) is 0 Å². The number of Topliss-reactive ketones (excluding diaryl/α,β-unsaturated/α-hetero) is 2. The molecule has 0 bridgehead atoms. The summed E-state index contributed by atoms with van der Waals surface area (Å²) in [7, 11) is 0. The number of para-hydroxylation sites is 1. The van der Waals surface area contributed by atoms with E-state index in [0.29, 0.717) is 0 Å². The summed E-state index contributed by atoms with van der Waals surface area (Å²) in [6, 6.07) is 9.25. The molecule has 0 amide bonds. The van der Waals surface area contributed by atoms with Crippen LogP contribution >= 0.6 is 0 Å². The normalized spacial score (nSPS) is 10.2. The van der Waals surface area contributed by atoms with E-state index in [4.69, 9.17) is 0 Å². The minimum Gasteiger partial charge on any atom is -0.300 e. The van der Waals surface area contributed by atoms with Crippen LogP contribution in [0.4, 0.5) is 5.69 Å². The first-order valence-corrected chi connectivity index (χ1v) is 4.55. The molecule has 0 saturated carbocycles. The smallest absolute Gasteiger partial charge is 0.182 e. The molecule has 0 aromatic heterocycles. The lowest BCUT2D eigenvalue weighted by atomic mass is 10.2. The van der Waals surface area contributed by atoms with E-state index in [-0.39, 0.29) is 18.0 Å². The Morgan fingerprint density at radius 1 is 1.33 bits per heavy atom. The van der Waals surface area contributed by atoms with E-state index in [9.17, 15) is 9.59 Å². The Morgan fingerprint density at radius 3 is 2.60 bits per heavy atom. The van der Waals surface area contributed by atoms with Gasteiger partial charge in [-0.1, -0.05) is 18.2 Å². The van der Waals surface area contributed by atoms with E-state index < -0.39 is 0 Å². The minimum absolute atomic E-state index is 0.0973. The van der Waals surface area contributed by atoms with Crippen molar-refractivity contribution in [2.24, 2.45) is 5.10 Å². The van der Waals surface area contributed by atoms with Crippen LogP contribution in [0.2, 0.25) is 0 Å². The van der Waals surface area contributed by atoms with Gasteiger partial charge in [-0.2, -0.15) is 5.10 Å². The first-order chi connectivity index (χ1) is 7.18. The molecule has 0 aliphatic carbocycles. The van der Waals surface area contributed by atoms with Gasteiger partial charge in [0, 0.05) is 0 Å². The molecule has 1 N–H and O–H groups in total. The van der Waals surface area contributed by atoms with Crippen LogP contribution in [0.15, 0.2) is 35.4 Å². The lowest BCUT2D eigenvalue weighted by Crippen LogP contribution is -2.06. The maximum absolute atomic E-state index is 11.0. The van der Waals surface area contributed by atoms with Crippen LogP contribution in [-0.4, -0.2) is 17.8 Å². The highest BCUT2D eigenvalue weighted by Gasteiger charge is 2.00. The van der Waals surface area contributed by atoms with E-state index in [0.717, 1.165) is 11.9 Å². The summed E-state index contributed by atoms with van der Waals surface area (Å²) in [6.45, 7) is 1.37. The molecule has 15 heavy (non-hydrogen) atoms. The Bertz CT molecular complexity index is 371. The molecule has 0 radical (unpaired) electrons. The zero-order valence-electron chi connectivity index (χ0n) is 8.43. The third-order valence-corrected chi connectivity index (χ3v) is 1.60. The molecule has 0 aliphatic rings. The molecule has 0 heterocycles. The molecule has 1 rings (SSSR count). The summed E-state index contributed by atoms with van der Waals surface area (Å²) in [5.41, 5.74) is 3.48. The highest BCUT2D eigenvalue weighted by molar-refractivity contribution is 6.31. The van der Waals surface area contributed by atoms with Gasteiger partial charge >= 0.3 is 0 Å². The van der Waals surface area contributed by atoms with E-state index in [1.54, 1.807) is 0 Å². The molecule has 0 unspecified atom stereocenters. The number of nitrogens with zero attached hydrogens (tertiary/aromatic N) is 1. The third-order valence-electron chi connectivity index (χ3n) is 1.60. The summed E-state index contributed by atoms with van der Waals surface area (Å²) < 4.78 is 0. The van der Waals surface area contributed by atoms with Crippen LogP contribution in [0.25, 0.3) is 0 Å². The first kappa shape index (κ1) is 11.1. The fourth-order valence-electron chi connectivity index (χ4n) is 0.982. The number of carbonyl (C=O) groups excluding carboxylic acids is 2. The van der Waals surface area contributed by atoms with Crippen LogP contribution < -0.4 is 5.43 Å². The van der Waals surface area contributed by atoms with Gasteiger partial charge in [-0.3, -0.25) is 15.0 Å². The molecule has 0 fully saturated rings. The second kappa shape index (κ2) is 5.70. The van der Waals surface area contributed by atoms with Crippen molar-refractivity contribution in [3.05, 3.63) is 30.3 Å². The second-order valence-corrected chi connectivity index (χ2v) is 3.08. The van der Waals surface area contributed by atoms with Crippen molar-refractivity contribution < 1.29 is 9.59 Å². The molecular formula is C11H12N2O2. The zero-order chi connectivity index (χ0) is 11.1. The Morgan fingerprint density at radius 2 is 2.00 bits per heavy atom. The minimum atomic E-state index is -0.300. The fraction of sp³-hybridized carbons (Fsp3) is 0.182. The summed E-state index contributed by atoms with van der Waals surface area (Å²) in [4.78, 5) is 21.6. The summed E-state index contributed by atoms with van der Waals surface area (Å²) in [5, 5.41) is 3.72. The van der Waals surface area contributed by atoms with Crippen LogP contribution in [0.5, 0.6) is 0 Å². The van der Waals surface area contributed by atoms with Crippen LogP contribution in [-0.2, 0) is 9.59 Å². The molecule has 0 saturated heterocycles. The maximum atomic E-state index is 11.0. The maximum Gasteiger partial charge on any atom is 0.182 e. The van der Waals surface area contributed by atoms with Crippen LogP contribution in [0, 0.1) is 0 Å². The van der Waals surface area contributed by atoms with Crippen molar-refractivity contribution >= 4 is 23.5 Å². The summed E-state index contributed by atoms with van der Waals surface area (Å²) >= 11 is 0. The zero-order valence-corrected chi connectivity index (χ0v) is 8.43. The molecule has 0 spiro atoms. The van der Waals surface area contributed by atoms with Crippen LogP contribution in [0.1, 0.15) is 13.3 Å². The largest absolute Gasteiger partial charge is 0.300 e. The molecular weight excluding hydrogens is 192 g/mol. The van der Waals surface area contributed by atoms with Crippen molar-refractivity contribution in [1.29, 1.82) is 0 Å². The summed E-state index contributed by atoms with van der Waals surface area (Å²) in [5.74, 6) is -0.461. The molecule has 4 nitrogen and oxygen atoms in total. The van der Waals surface area contributed by atoms with Gasteiger partial charge in [0.15, 0.2) is 5.78 Å². The molecule has 1 aromatic carbocycles. The van der Waals surface area contributed by atoms with Gasteiger partial charge in [0.1, 0.15) is 5.78 Å². The fourth-order valence-corrected chi connectivity index (χ4v) is 0.982. The number of carbonyl (C=O) groups is 2.